The molecular weight excluding hydrogens is 340 g/mol. The molecule has 2 unspecified atom stereocenters. The van der Waals surface area contributed by atoms with Crippen molar-refractivity contribution >= 4 is 5.78 Å². The van der Waals surface area contributed by atoms with Crippen LogP contribution < -0.4 is 18.9 Å². The molecule has 0 spiro atoms. The summed E-state index contributed by atoms with van der Waals surface area (Å²) in [6.07, 6.45) is -1.59. The number of hydrogen-bond acceptors (Lipinski definition) is 7. The van der Waals surface area contributed by atoms with Crippen molar-refractivity contribution in [1.29, 1.82) is 0 Å². The normalized spacial score (nSPS) is 18.7. The van der Waals surface area contributed by atoms with E-state index in [1.54, 1.807) is 31.4 Å². The summed E-state index contributed by atoms with van der Waals surface area (Å²) in [5.74, 6) is 0.505. The number of carbonyl (C=O) groups is 1. The number of aromatic hydroxyl groups is 1. The highest BCUT2D eigenvalue weighted by atomic mass is 16.5. The minimum absolute atomic E-state index is 0.0132. The Hall–Kier alpha value is -2.93. The van der Waals surface area contributed by atoms with E-state index in [4.69, 9.17) is 23.7 Å². The molecule has 26 heavy (non-hydrogen) atoms. The molecule has 0 aliphatic carbocycles. The van der Waals surface area contributed by atoms with E-state index in [9.17, 15) is 9.90 Å². The largest absolute Gasteiger partial charge is 0.504 e. The molecule has 0 radical (unpaired) electrons. The van der Waals surface area contributed by atoms with E-state index < -0.39 is 18.0 Å². The van der Waals surface area contributed by atoms with Gasteiger partial charge in [0.1, 0.15) is 17.1 Å². The lowest BCUT2D eigenvalue weighted by atomic mass is 9.92. The molecule has 7 nitrogen and oxygen atoms in total. The fraction of sp³-hybridized carbons (Fsp3) is 0.316. The van der Waals surface area contributed by atoms with Crippen molar-refractivity contribution in [2.45, 2.75) is 12.2 Å². The minimum atomic E-state index is -0.917. The van der Waals surface area contributed by atoms with E-state index in [1.807, 2.05) is 0 Å². The molecule has 2 atom stereocenters. The van der Waals surface area contributed by atoms with Gasteiger partial charge in [0, 0.05) is 13.2 Å². The molecular formula is C19H20O7. The predicted molar refractivity (Wildman–Crippen MR) is 92.7 cm³/mol. The molecule has 7 heteroatoms. The summed E-state index contributed by atoms with van der Waals surface area (Å²) in [6.45, 7) is 0. The Labute approximate surface area is 151 Å². The molecule has 0 saturated heterocycles. The number of rotatable bonds is 5. The minimum Gasteiger partial charge on any atom is -0.504 e. The number of carbonyl (C=O) groups excluding carboxylic acids is 1. The number of ketones is 1. The molecule has 2 aromatic carbocycles. The fourth-order valence-electron chi connectivity index (χ4n) is 3.03. The van der Waals surface area contributed by atoms with Gasteiger partial charge in [0.05, 0.1) is 21.3 Å². The molecule has 3 rings (SSSR count). The zero-order valence-electron chi connectivity index (χ0n) is 14.9. The number of ether oxygens (including phenoxy) is 5. The topological polar surface area (TPSA) is 83.5 Å². The quantitative estimate of drug-likeness (QED) is 0.878. The first-order valence-electron chi connectivity index (χ1n) is 7.91. The van der Waals surface area contributed by atoms with Crippen molar-refractivity contribution in [2.75, 3.05) is 28.4 Å². The summed E-state index contributed by atoms with van der Waals surface area (Å²) < 4.78 is 26.9. The van der Waals surface area contributed by atoms with Gasteiger partial charge in [0.25, 0.3) is 0 Å². The van der Waals surface area contributed by atoms with Crippen LogP contribution >= 0.6 is 0 Å². The van der Waals surface area contributed by atoms with Crippen LogP contribution in [0.5, 0.6) is 28.7 Å². The number of Topliss-reactive ketones (excluding diaryl/α,β-unsaturated/α-hetero) is 1. The number of fused-ring (bicyclic) bond motifs is 1. The molecule has 0 amide bonds. The Morgan fingerprint density at radius 3 is 2.23 bits per heavy atom. The van der Waals surface area contributed by atoms with Gasteiger partial charge in [-0.05, 0) is 17.7 Å². The van der Waals surface area contributed by atoms with Crippen molar-refractivity contribution in [3.63, 3.8) is 0 Å². The Kier molecular flexibility index (Phi) is 4.90. The van der Waals surface area contributed by atoms with Crippen LogP contribution in [-0.4, -0.2) is 45.4 Å². The lowest BCUT2D eigenvalue weighted by Crippen LogP contribution is -2.37. The molecule has 1 aliphatic rings. The zero-order chi connectivity index (χ0) is 18.8. The maximum absolute atomic E-state index is 13.0. The maximum Gasteiger partial charge on any atom is 0.204 e. The molecule has 1 heterocycles. The first-order valence-corrected chi connectivity index (χ1v) is 7.91. The van der Waals surface area contributed by atoms with E-state index in [0.29, 0.717) is 5.75 Å². The van der Waals surface area contributed by atoms with Crippen molar-refractivity contribution < 1.29 is 33.6 Å². The Bertz CT molecular complexity index is 814. The van der Waals surface area contributed by atoms with Crippen LogP contribution in [-0.2, 0) is 4.74 Å². The summed E-state index contributed by atoms with van der Waals surface area (Å²) in [4.78, 5) is 13.0. The number of phenols is 1. The van der Waals surface area contributed by atoms with Gasteiger partial charge >= 0.3 is 0 Å². The van der Waals surface area contributed by atoms with Gasteiger partial charge in [-0.25, -0.2) is 0 Å². The summed E-state index contributed by atoms with van der Waals surface area (Å²) >= 11 is 0. The zero-order valence-corrected chi connectivity index (χ0v) is 14.9. The van der Waals surface area contributed by atoms with E-state index in [0.717, 1.165) is 5.56 Å². The summed E-state index contributed by atoms with van der Waals surface area (Å²) in [5.41, 5.74) is 0.755. The number of methoxy groups -OCH3 is 4. The third-order valence-corrected chi connectivity index (χ3v) is 4.34. The number of hydrogen-bond donors (Lipinski definition) is 1. The summed E-state index contributed by atoms with van der Waals surface area (Å²) in [5, 5.41) is 10.5. The highest BCUT2D eigenvalue weighted by Crippen LogP contribution is 2.49. The highest BCUT2D eigenvalue weighted by molar-refractivity contribution is 6.06. The number of benzene rings is 2. The van der Waals surface area contributed by atoms with Gasteiger partial charge in [0.2, 0.25) is 11.5 Å². The summed E-state index contributed by atoms with van der Waals surface area (Å²) in [7, 11) is 5.82. The molecule has 0 aromatic heterocycles. The van der Waals surface area contributed by atoms with Gasteiger partial charge < -0.3 is 28.8 Å². The van der Waals surface area contributed by atoms with Crippen molar-refractivity contribution in [3.8, 4) is 28.7 Å². The summed E-state index contributed by atoms with van der Waals surface area (Å²) in [6, 6.07) is 8.67. The van der Waals surface area contributed by atoms with Crippen LogP contribution in [0.3, 0.4) is 0 Å². The van der Waals surface area contributed by atoms with Crippen LogP contribution in [0.1, 0.15) is 22.0 Å². The van der Waals surface area contributed by atoms with Crippen molar-refractivity contribution in [1.82, 2.24) is 0 Å². The molecule has 0 fully saturated rings. The van der Waals surface area contributed by atoms with E-state index in [1.165, 1.54) is 27.4 Å². The lowest BCUT2D eigenvalue weighted by molar-refractivity contribution is -0.00119. The molecule has 1 N–H and O–H groups in total. The monoisotopic (exact) mass is 360 g/mol. The SMILES string of the molecule is COc1ccc(C2Oc3cc(OC)c(OC)c(O)c3C(=O)C2OC)cc1. The fourth-order valence-corrected chi connectivity index (χ4v) is 3.03. The average Bonchev–Trinajstić information content (AvgIpc) is 2.67. The van der Waals surface area contributed by atoms with Gasteiger partial charge in [-0.15, -0.1) is 0 Å². The van der Waals surface area contributed by atoms with Crippen LogP contribution in [0.15, 0.2) is 30.3 Å². The maximum atomic E-state index is 13.0. The first-order chi connectivity index (χ1) is 12.5. The molecule has 0 bridgehead atoms. The first kappa shape index (κ1) is 17.9. The Morgan fingerprint density at radius 2 is 1.69 bits per heavy atom. The van der Waals surface area contributed by atoms with Gasteiger partial charge in [0.15, 0.2) is 23.7 Å². The van der Waals surface area contributed by atoms with E-state index >= 15 is 0 Å². The molecule has 2 aromatic rings. The Morgan fingerprint density at radius 1 is 1.00 bits per heavy atom. The van der Waals surface area contributed by atoms with Gasteiger partial charge in [-0.2, -0.15) is 0 Å². The second-order valence-electron chi connectivity index (χ2n) is 5.67. The second kappa shape index (κ2) is 7.13. The predicted octanol–water partition coefficient (Wildman–Crippen LogP) is 2.75. The van der Waals surface area contributed by atoms with Gasteiger partial charge in [-0.3, -0.25) is 4.79 Å². The van der Waals surface area contributed by atoms with Gasteiger partial charge in [-0.1, -0.05) is 12.1 Å². The molecule has 138 valence electrons. The van der Waals surface area contributed by atoms with Crippen LogP contribution in [0.2, 0.25) is 0 Å². The van der Waals surface area contributed by atoms with E-state index in [2.05, 4.69) is 0 Å². The van der Waals surface area contributed by atoms with E-state index in [-0.39, 0.29) is 28.6 Å². The average molecular weight is 360 g/mol. The van der Waals surface area contributed by atoms with Crippen LogP contribution in [0.4, 0.5) is 0 Å². The Balaban J connectivity index is 2.10. The lowest BCUT2D eigenvalue weighted by Gasteiger charge is -2.32. The van der Waals surface area contributed by atoms with Crippen molar-refractivity contribution in [2.24, 2.45) is 0 Å². The van der Waals surface area contributed by atoms with Crippen LogP contribution in [0.25, 0.3) is 0 Å². The smallest absolute Gasteiger partial charge is 0.204 e. The molecule has 1 aliphatic heterocycles. The third kappa shape index (κ3) is 2.80. The standard InChI is InChI=1S/C19H20O7/c1-22-11-7-5-10(6-8-11)17-19(25-4)16(21)14-12(26-17)9-13(23-2)18(24-3)15(14)20/h5-9,17,19-20H,1-4H3. The third-order valence-electron chi connectivity index (χ3n) is 4.34. The number of phenolic OH excluding ortho intramolecular Hbond substituents is 1. The van der Waals surface area contributed by atoms with Crippen LogP contribution in [0, 0.1) is 0 Å². The highest BCUT2D eigenvalue weighted by Gasteiger charge is 2.41. The second-order valence-corrected chi connectivity index (χ2v) is 5.67. The van der Waals surface area contributed by atoms with Crippen molar-refractivity contribution in [3.05, 3.63) is 41.5 Å². The molecule has 0 saturated carbocycles.